The molecular weight excluding hydrogens is 493 g/mol. The number of aromatic nitrogens is 3. The third-order valence-electron chi connectivity index (χ3n) is 6.03. The van der Waals surface area contributed by atoms with Crippen LogP contribution in [-0.2, 0) is 24.1 Å². The topological polar surface area (TPSA) is 79.6 Å². The Labute approximate surface area is 198 Å². The lowest BCUT2D eigenvalue weighted by Gasteiger charge is -2.33. The van der Waals surface area contributed by atoms with Crippen LogP contribution in [0.1, 0.15) is 56.6 Å². The molecule has 2 aliphatic rings. The zero-order valence-corrected chi connectivity index (χ0v) is 21.1. The zero-order valence-electron chi connectivity index (χ0n) is 18.7. The maximum absolute atomic E-state index is 5.15. The van der Waals surface area contributed by atoms with Crippen LogP contribution in [0.15, 0.2) is 4.99 Å². The second kappa shape index (κ2) is 14.2. The predicted octanol–water partition coefficient (Wildman–Crippen LogP) is 2.22. The van der Waals surface area contributed by atoms with Gasteiger partial charge in [0.2, 0.25) is 0 Å². The number of piperidine rings is 1. The van der Waals surface area contributed by atoms with Crippen LogP contribution < -0.4 is 10.6 Å². The van der Waals surface area contributed by atoms with Gasteiger partial charge in [-0.15, -0.1) is 34.2 Å². The molecule has 0 aromatic carbocycles. The molecule has 1 saturated heterocycles. The normalized spacial score (nSPS) is 18.4. The van der Waals surface area contributed by atoms with Crippen molar-refractivity contribution in [2.24, 2.45) is 4.99 Å². The van der Waals surface area contributed by atoms with Gasteiger partial charge in [0, 0.05) is 72.4 Å². The lowest BCUT2D eigenvalue weighted by atomic mass is 10.1. The van der Waals surface area contributed by atoms with E-state index < -0.39 is 0 Å². The molecule has 0 unspecified atom stereocenters. The SMILES string of the molecule is CN=C(NCCCc1nnc2n1CCCCC2)NC1CCN(CCCOC)CC1.I. The van der Waals surface area contributed by atoms with Crippen LogP contribution in [-0.4, -0.2) is 78.6 Å². The summed E-state index contributed by atoms with van der Waals surface area (Å²) < 4.78 is 7.50. The number of aliphatic imine (C=N–C) groups is 1. The van der Waals surface area contributed by atoms with Gasteiger partial charge in [0.15, 0.2) is 5.96 Å². The Balaban J connectivity index is 0.00000320. The summed E-state index contributed by atoms with van der Waals surface area (Å²) >= 11 is 0. The van der Waals surface area contributed by atoms with Crippen molar-refractivity contribution in [3.8, 4) is 0 Å². The monoisotopic (exact) mass is 533 g/mol. The summed E-state index contributed by atoms with van der Waals surface area (Å²) in [5.41, 5.74) is 0. The Bertz CT molecular complexity index is 629. The highest BCUT2D eigenvalue weighted by atomic mass is 127. The summed E-state index contributed by atoms with van der Waals surface area (Å²) in [6.07, 6.45) is 10.3. The van der Waals surface area contributed by atoms with E-state index in [0.717, 1.165) is 76.8 Å². The van der Waals surface area contributed by atoms with Gasteiger partial charge in [0.1, 0.15) is 11.6 Å². The van der Waals surface area contributed by atoms with E-state index in [0.29, 0.717) is 6.04 Å². The van der Waals surface area contributed by atoms with E-state index in [1.165, 1.54) is 37.9 Å². The summed E-state index contributed by atoms with van der Waals surface area (Å²) in [5, 5.41) is 15.9. The van der Waals surface area contributed by atoms with E-state index in [2.05, 4.69) is 35.3 Å². The van der Waals surface area contributed by atoms with Crippen LogP contribution in [0.3, 0.4) is 0 Å². The molecule has 0 radical (unpaired) electrons. The molecule has 0 aliphatic carbocycles. The lowest BCUT2D eigenvalue weighted by Crippen LogP contribution is -2.49. The van der Waals surface area contributed by atoms with Gasteiger partial charge in [-0.05, 0) is 38.5 Å². The molecule has 2 aliphatic heterocycles. The maximum atomic E-state index is 5.15. The third kappa shape index (κ3) is 7.96. The van der Waals surface area contributed by atoms with Crippen molar-refractivity contribution in [3.63, 3.8) is 0 Å². The average molecular weight is 534 g/mol. The van der Waals surface area contributed by atoms with Crippen molar-refractivity contribution >= 4 is 29.9 Å². The second-order valence-electron chi connectivity index (χ2n) is 8.20. The molecule has 3 rings (SSSR count). The highest BCUT2D eigenvalue weighted by Gasteiger charge is 2.19. The first-order chi connectivity index (χ1) is 14.3. The summed E-state index contributed by atoms with van der Waals surface area (Å²) in [4.78, 5) is 6.95. The van der Waals surface area contributed by atoms with Crippen molar-refractivity contribution in [1.82, 2.24) is 30.3 Å². The number of likely N-dealkylation sites (tertiary alicyclic amines) is 1. The fourth-order valence-corrected chi connectivity index (χ4v) is 4.30. The van der Waals surface area contributed by atoms with Gasteiger partial charge < -0.3 is 24.8 Å². The molecule has 1 fully saturated rings. The zero-order chi connectivity index (χ0) is 20.3. The summed E-state index contributed by atoms with van der Waals surface area (Å²) in [6, 6.07) is 0.507. The first-order valence-electron chi connectivity index (χ1n) is 11.4. The number of rotatable bonds is 9. The third-order valence-corrected chi connectivity index (χ3v) is 6.03. The Morgan fingerprint density at radius 1 is 1.13 bits per heavy atom. The Kier molecular flexibility index (Phi) is 12.0. The Morgan fingerprint density at radius 3 is 2.73 bits per heavy atom. The average Bonchev–Trinajstić information content (AvgIpc) is 2.97. The number of fused-ring (bicyclic) bond motifs is 1. The van der Waals surface area contributed by atoms with Crippen LogP contribution in [0.2, 0.25) is 0 Å². The molecule has 172 valence electrons. The minimum absolute atomic E-state index is 0. The molecule has 30 heavy (non-hydrogen) atoms. The number of hydrogen-bond acceptors (Lipinski definition) is 5. The number of nitrogens with zero attached hydrogens (tertiary/aromatic N) is 5. The smallest absolute Gasteiger partial charge is 0.191 e. The van der Waals surface area contributed by atoms with Crippen LogP contribution >= 0.6 is 24.0 Å². The molecule has 9 heteroatoms. The molecule has 1 aromatic rings. The molecule has 0 atom stereocenters. The van der Waals surface area contributed by atoms with Crippen molar-refractivity contribution in [2.45, 2.75) is 70.4 Å². The fourth-order valence-electron chi connectivity index (χ4n) is 4.30. The van der Waals surface area contributed by atoms with Crippen LogP contribution in [0, 0.1) is 0 Å². The van der Waals surface area contributed by atoms with Gasteiger partial charge in [-0.3, -0.25) is 4.99 Å². The molecule has 0 amide bonds. The summed E-state index contributed by atoms with van der Waals surface area (Å²) in [7, 11) is 3.63. The van der Waals surface area contributed by atoms with Crippen LogP contribution in [0.25, 0.3) is 0 Å². The standard InChI is InChI=1S/C21H39N7O.HI/c1-22-21(24-18-10-15-27(16-11-18)13-7-17-29-2)23-12-6-9-20-26-25-19-8-4-3-5-14-28(19)20;/h18H,3-17H2,1-2H3,(H2,22,23,24);1H. The molecule has 2 N–H and O–H groups in total. The van der Waals surface area contributed by atoms with Gasteiger partial charge in [-0.25, -0.2) is 0 Å². The van der Waals surface area contributed by atoms with E-state index in [1.54, 1.807) is 7.11 Å². The number of nitrogens with one attached hydrogen (secondary N) is 2. The number of ether oxygens (including phenoxy) is 1. The van der Waals surface area contributed by atoms with Crippen LogP contribution in [0.5, 0.6) is 0 Å². The van der Waals surface area contributed by atoms with Crippen molar-refractivity contribution in [1.29, 1.82) is 0 Å². The van der Waals surface area contributed by atoms with Crippen molar-refractivity contribution in [3.05, 3.63) is 11.6 Å². The molecular formula is C21H40IN7O. The number of halogens is 1. The van der Waals surface area contributed by atoms with Crippen molar-refractivity contribution in [2.75, 3.05) is 46.9 Å². The number of aryl methyl sites for hydroxylation is 2. The molecule has 0 bridgehead atoms. The Hall–Kier alpha value is -0.940. The first kappa shape index (κ1) is 25.3. The largest absolute Gasteiger partial charge is 0.385 e. The van der Waals surface area contributed by atoms with Gasteiger partial charge in [-0.1, -0.05) is 6.42 Å². The van der Waals surface area contributed by atoms with Crippen LogP contribution in [0.4, 0.5) is 0 Å². The Morgan fingerprint density at radius 2 is 1.97 bits per heavy atom. The van der Waals surface area contributed by atoms with E-state index in [-0.39, 0.29) is 24.0 Å². The predicted molar refractivity (Wildman–Crippen MR) is 132 cm³/mol. The van der Waals surface area contributed by atoms with Crippen molar-refractivity contribution < 1.29 is 4.74 Å². The van der Waals surface area contributed by atoms with E-state index in [1.807, 2.05) is 7.05 Å². The molecule has 0 spiro atoms. The molecule has 8 nitrogen and oxygen atoms in total. The first-order valence-corrected chi connectivity index (χ1v) is 11.4. The maximum Gasteiger partial charge on any atom is 0.191 e. The highest BCUT2D eigenvalue weighted by molar-refractivity contribution is 14.0. The summed E-state index contributed by atoms with van der Waals surface area (Å²) in [6.45, 7) is 6.27. The quantitative estimate of drug-likeness (QED) is 0.220. The van der Waals surface area contributed by atoms with E-state index in [4.69, 9.17) is 4.74 Å². The van der Waals surface area contributed by atoms with E-state index in [9.17, 15) is 0 Å². The number of hydrogen-bond donors (Lipinski definition) is 2. The van der Waals surface area contributed by atoms with E-state index >= 15 is 0 Å². The highest BCUT2D eigenvalue weighted by Crippen LogP contribution is 2.15. The van der Waals surface area contributed by atoms with Gasteiger partial charge in [0.25, 0.3) is 0 Å². The summed E-state index contributed by atoms with van der Waals surface area (Å²) in [5.74, 6) is 3.24. The number of methoxy groups -OCH3 is 1. The number of guanidine groups is 1. The molecule has 1 aromatic heterocycles. The second-order valence-corrected chi connectivity index (χ2v) is 8.20. The lowest BCUT2D eigenvalue weighted by molar-refractivity contribution is 0.155. The van der Waals surface area contributed by atoms with Gasteiger partial charge in [-0.2, -0.15) is 0 Å². The molecule has 0 saturated carbocycles. The minimum Gasteiger partial charge on any atom is -0.385 e. The minimum atomic E-state index is 0. The van der Waals surface area contributed by atoms with Gasteiger partial charge >= 0.3 is 0 Å². The van der Waals surface area contributed by atoms with Gasteiger partial charge in [0.05, 0.1) is 0 Å². The fraction of sp³-hybridized carbons (Fsp3) is 0.857. The molecule has 3 heterocycles.